The molecule has 2 amide bonds. The first-order valence-corrected chi connectivity index (χ1v) is 8.39. The summed E-state index contributed by atoms with van der Waals surface area (Å²) < 4.78 is 0. The van der Waals surface area contributed by atoms with E-state index in [9.17, 15) is 19.5 Å². The first-order valence-electron chi connectivity index (χ1n) is 8.39. The highest BCUT2D eigenvalue weighted by Gasteiger charge is 2.15. The summed E-state index contributed by atoms with van der Waals surface area (Å²) in [5, 5.41) is 16.7. The Morgan fingerprint density at radius 1 is 0.852 bits per heavy atom. The lowest BCUT2D eigenvalue weighted by Crippen LogP contribution is -2.31. The maximum absolute atomic E-state index is 12.3. The fraction of sp³-hybridized carbons (Fsp3) is 0.0952. The Kier molecular flexibility index (Phi) is 5.47. The fourth-order valence-electron chi connectivity index (χ4n) is 2.65. The molecule has 0 saturated heterocycles. The Balaban J connectivity index is 1.56. The van der Waals surface area contributed by atoms with Gasteiger partial charge in [0.1, 0.15) is 5.75 Å². The highest BCUT2D eigenvalue weighted by atomic mass is 16.3. The lowest BCUT2D eigenvalue weighted by atomic mass is 10.1. The Bertz CT molecular complexity index is 999. The van der Waals surface area contributed by atoms with Gasteiger partial charge in [0.15, 0.2) is 5.78 Å². The standard InChI is InChI=1S/C21H18N2O4/c24-17(12-20(26)23-16-8-2-1-3-9-16)13-22-21(27)18-10-14-6-4-5-7-15(14)11-19(18)25/h1-11,25H,12-13H2,(H,22,27)(H,23,26). The molecule has 0 aliphatic rings. The van der Waals surface area contributed by atoms with Gasteiger partial charge in [-0.2, -0.15) is 0 Å². The van der Waals surface area contributed by atoms with E-state index in [2.05, 4.69) is 10.6 Å². The van der Waals surface area contributed by atoms with E-state index in [-0.39, 0.29) is 24.3 Å². The molecule has 136 valence electrons. The number of para-hydroxylation sites is 1. The van der Waals surface area contributed by atoms with Gasteiger partial charge in [-0.25, -0.2) is 0 Å². The van der Waals surface area contributed by atoms with Gasteiger partial charge in [-0.05, 0) is 35.0 Å². The predicted octanol–water partition coefficient (Wildman–Crippen LogP) is 2.87. The van der Waals surface area contributed by atoms with Crippen LogP contribution in [-0.2, 0) is 9.59 Å². The zero-order chi connectivity index (χ0) is 19.2. The minimum atomic E-state index is -0.574. The van der Waals surface area contributed by atoms with E-state index in [1.54, 1.807) is 30.3 Å². The third-order valence-corrected chi connectivity index (χ3v) is 3.97. The summed E-state index contributed by atoms with van der Waals surface area (Å²) in [4.78, 5) is 36.1. The molecule has 0 unspecified atom stereocenters. The van der Waals surface area contributed by atoms with Crippen molar-refractivity contribution in [1.82, 2.24) is 5.32 Å². The van der Waals surface area contributed by atoms with E-state index in [0.29, 0.717) is 5.69 Å². The van der Waals surface area contributed by atoms with Crippen molar-refractivity contribution in [3.05, 3.63) is 72.3 Å². The van der Waals surface area contributed by atoms with E-state index >= 15 is 0 Å². The molecule has 27 heavy (non-hydrogen) atoms. The summed E-state index contributed by atoms with van der Waals surface area (Å²) in [5.74, 6) is -1.62. The molecule has 6 nitrogen and oxygen atoms in total. The highest BCUT2D eigenvalue weighted by Crippen LogP contribution is 2.24. The van der Waals surface area contributed by atoms with E-state index in [1.807, 2.05) is 30.3 Å². The van der Waals surface area contributed by atoms with Crippen molar-refractivity contribution >= 4 is 34.1 Å². The summed E-state index contributed by atoms with van der Waals surface area (Å²) in [5.41, 5.74) is 0.677. The molecular weight excluding hydrogens is 344 g/mol. The van der Waals surface area contributed by atoms with E-state index in [4.69, 9.17) is 0 Å². The van der Waals surface area contributed by atoms with Crippen LogP contribution in [-0.4, -0.2) is 29.2 Å². The van der Waals surface area contributed by atoms with Gasteiger partial charge < -0.3 is 15.7 Å². The van der Waals surface area contributed by atoms with E-state index < -0.39 is 17.6 Å². The van der Waals surface area contributed by atoms with Crippen LogP contribution in [0, 0.1) is 0 Å². The van der Waals surface area contributed by atoms with E-state index in [1.165, 1.54) is 6.07 Å². The molecular formula is C21H18N2O4. The highest BCUT2D eigenvalue weighted by molar-refractivity contribution is 6.07. The van der Waals surface area contributed by atoms with Crippen LogP contribution in [0.4, 0.5) is 5.69 Å². The van der Waals surface area contributed by atoms with Crippen LogP contribution in [0.3, 0.4) is 0 Å². The molecule has 0 aromatic heterocycles. The molecule has 0 bridgehead atoms. The van der Waals surface area contributed by atoms with Crippen molar-refractivity contribution in [1.29, 1.82) is 0 Å². The molecule has 0 aliphatic carbocycles. The van der Waals surface area contributed by atoms with Crippen molar-refractivity contribution in [3.63, 3.8) is 0 Å². The number of Topliss-reactive ketones (excluding diaryl/α,β-unsaturated/α-hetero) is 1. The van der Waals surface area contributed by atoms with Crippen LogP contribution in [0.5, 0.6) is 5.75 Å². The van der Waals surface area contributed by atoms with Gasteiger partial charge in [0.25, 0.3) is 5.91 Å². The third kappa shape index (κ3) is 4.70. The number of phenols is 1. The van der Waals surface area contributed by atoms with Gasteiger partial charge in [0.05, 0.1) is 18.5 Å². The van der Waals surface area contributed by atoms with Crippen molar-refractivity contribution in [2.24, 2.45) is 0 Å². The molecule has 0 radical (unpaired) electrons. The van der Waals surface area contributed by atoms with Gasteiger partial charge in [-0.15, -0.1) is 0 Å². The number of amides is 2. The number of phenolic OH excluding ortho intramolecular Hbond substituents is 1. The largest absolute Gasteiger partial charge is 0.507 e. The minimum absolute atomic E-state index is 0.0789. The second-order valence-electron chi connectivity index (χ2n) is 6.03. The molecule has 0 spiro atoms. The maximum Gasteiger partial charge on any atom is 0.255 e. The normalized spacial score (nSPS) is 10.4. The molecule has 0 heterocycles. The van der Waals surface area contributed by atoms with Crippen molar-refractivity contribution in [3.8, 4) is 5.75 Å². The monoisotopic (exact) mass is 362 g/mol. The summed E-state index contributed by atoms with van der Waals surface area (Å²) in [6, 6.07) is 19.2. The van der Waals surface area contributed by atoms with Gasteiger partial charge >= 0.3 is 0 Å². The number of ketones is 1. The number of anilines is 1. The van der Waals surface area contributed by atoms with Crippen LogP contribution in [0.15, 0.2) is 66.7 Å². The maximum atomic E-state index is 12.3. The quantitative estimate of drug-likeness (QED) is 0.588. The molecule has 0 aliphatic heterocycles. The Labute approximate surface area is 155 Å². The lowest BCUT2D eigenvalue weighted by molar-refractivity contribution is -0.124. The zero-order valence-corrected chi connectivity index (χ0v) is 14.4. The summed E-state index contributed by atoms with van der Waals surface area (Å²) >= 11 is 0. The second kappa shape index (κ2) is 8.14. The fourth-order valence-corrected chi connectivity index (χ4v) is 2.65. The Morgan fingerprint density at radius 3 is 2.19 bits per heavy atom. The zero-order valence-electron chi connectivity index (χ0n) is 14.4. The van der Waals surface area contributed by atoms with Crippen molar-refractivity contribution in [2.45, 2.75) is 6.42 Å². The van der Waals surface area contributed by atoms with Crippen LogP contribution >= 0.6 is 0 Å². The van der Waals surface area contributed by atoms with Gasteiger partial charge in [-0.1, -0.05) is 42.5 Å². The van der Waals surface area contributed by atoms with Crippen LogP contribution in [0.2, 0.25) is 0 Å². The van der Waals surface area contributed by atoms with E-state index in [0.717, 1.165) is 10.8 Å². The smallest absolute Gasteiger partial charge is 0.255 e. The van der Waals surface area contributed by atoms with Gasteiger partial charge in [-0.3, -0.25) is 14.4 Å². The summed E-state index contributed by atoms with van der Waals surface area (Å²) in [7, 11) is 0. The van der Waals surface area contributed by atoms with Crippen LogP contribution in [0.25, 0.3) is 10.8 Å². The second-order valence-corrected chi connectivity index (χ2v) is 6.03. The topological polar surface area (TPSA) is 95.5 Å². The number of carbonyl (C=O) groups is 3. The minimum Gasteiger partial charge on any atom is -0.507 e. The average Bonchev–Trinajstić information content (AvgIpc) is 2.66. The number of nitrogens with one attached hydrogen (secondary N) is 2. The summed E-state index contributed by atoms with van der Waals surface area (Å²) in [6.45, 7) is -0.298. The molecule has 3 rings (SSSR count). The Hall–Kier alpha value is -3.67. The van der Waals surface area contributed by atoms with Crippen LogP contribution in [0.1, 0.15) is 16.8 Å². The van der Waals surface area contributed by atoms with Crippen molar-refractivity contribution in [2.75, 3.05) is 11.9 Å². The van der Waals surface area contributed by atoms with Gasteiger partial charge in [0, 0.05) is 5.69 Å². The number of fused-ring (bicyclic) bond motifs is 1. The molecule has 3 N–H and O–H groups in total. The molecule has 0 saturated carbocycles. The number of rotatable bonds is 6. The Morgan fingerprint density at radius 2 is 1.48 bits per heavy atom. The average molecular weight is 362 g/mol. The predicted molar refractivity (Wildman–Crippen MR) is 103 cm³/mol. The number of carbonyl (C=O) groups excluding carboxylic acids is 3. The molecule has 0 atom stereocenters. The third-order valence-electron chi connectivity index (χ3n) is 3.97. The SMILES string of the molecule is O=C(CNC(=O)c1cc2ccccc2cc1O)CC(=O)Nc1ccccc1. The van der Waals surface area contributed by atoms with Crippen molar-refractivity contribution < 1.29 is 19.5 Å². The molecule has 0 fully saturated rings. The first kappa shape index (κ1) is 18.1. The molecule has 3 aromatic rings. The number of aromatic hydroxyl groups is 1. The summed E-state index contributed by atoms with van der Waals surface area (Å²) in [6.07, 6.45) is -0.348. The number of benzene rings is 3. The molecule has 6 heteroatoms. The molecule has 3 aromatic carbocycles. The number of hydrogen-bond donors (Lipinski definition) is 3. The van der Waals surface area contributed by atoms with Gasteiger partial charge in [0.2, 0.25) is 5.91 Å². The number of hydrogen-bond acceptors (Lipinski definition) is 4. The lowest BCUT2D eigenvalue weighted by Gasteiger charge is -2.08. The first-order chi connectivity index (χ1) is 13.0. The van der Waals surface area contributed by atoms with Crippen LogP contribution < -0.4 is 10.6 Å².